The molecule has 2 heterocycles. The fraction of sp³-hybridized carbons (Fsp3) is 0. The molecule has 8 aromatic carbocycles. The number of hydrogen-bond donors (Lipinski definition) is 0. The van der Waals surface area contributed by atoms with Crippen LogP contribution in [0.5, 0.6) is 0 Å². The summed E-state index contributed by atoms with van der Waals surface area (Å²) in [6, 6.07) is 59.8. The standard InChI is InChI=1S/C45H28N4/c1-4-14-29(15-5-1)32-24-25-41-39(26-32)40-27-37-35-22-12-10-20-33(35)34-21-11-13-23-36(34)38(37)28-42(40)49(41)45-47-43(30-16-6-2-7-17-30)46-44(48-45)31-18-8-3-9-19-31/h1-28H. The second kappa shape index (κ2) is 11.0. The quantitative estimate of drug-likeness (QED) is 0.183. The summed E-state index contributed by atoms with van der Waals surface area (Å²) in [5.41, 5.74) is 6.33. The zero-order chi connectivity index (χ0) is 32.3. The molecule has 0 aliphatic carbocycles. The molecular formula is C45H28N4. The van der Waals surface area contributed by atoms with Crippen LogP contribution in [-0.4, -0.2) is 19.5 Å². The Hall–Kier alpha value is -6.65. The molecule has 0 atom stereocenters. The van der Waals surface area contributed by atoms with Crippen molar-refractivity contribution in [2.75, 3.05) is 0 Å². The van der Waals surface area contributed by atoms with Gasteiger partial charge in [0, 0.05) is 21.9 Å². The normalized spacial score (nSPS) is 11.7. The maximum atomic E-state index is 5.19. The van der Waals surface area contributed by atoms with E-state index < -0.39 is 0 Å². The van der Waals surface area contributed by atoms with Crippen LogP contribution >= 0.6 is 0 Å². The number of hydrogen-bond acceptors (Lipinski definition) is 3. The molecule has 0 amide bonds. The molecule has 0 saturated carbocycles. The second-order valence-corrected chi connectivity index (χ2v) is 12.5. The van der Waals surface area contributed by atoms with Gasteiger partial charge < -0.3 is 0 Å². The first-order valence-corrected chi connectivity index (χ1v) is 16.5. The van der Waals surface area contributed by atoms with E-state index in [1.54, 1.807) is 0 Å². The summed E-state index contributed by atoms with van der Waals surface area (Å²) in [7, 11) is 0. The molecule has 0 saturated heterocycles. The fourth-order valence-corrected chi connectivity index (χ4v) is 7.34. The van der Waals surface area contributed by atoms with E-state index in [1.807, 2.05) is 36.4 Å². The molecule has 4 nitrogen and oxygen atoms in total. The second-order valence-electron chi connectivity index (χ2n) is 12.5. The first-order valence-electron chi connectivity index (χ1n) is 16.5. The summed E-state index contributed by atoms with van der Waals surface area (Å²) in [4.78, 5) is 15.4. The van der Waals surface area contributed by atoms with E-state index in [2.05, 4.69) is 138 Å². The van der Waals surface area contributed by atoms with Gasteiger partial charge in [-0.25, -0.2) is 4.98 Å². The predicted molar refractivity (Wildman–Crippen MR) is 203 cm³/mol. The van der Waals surface area contributed by atoms with Crippen LogP contribution in [0.3, 0.4) is 0 Å². The Balaban J connectivity index is 1.36. The molecule has 0 aliphatic heterocycles. The molecule has 4 heteroatoms. The van der Waals surface area contributed by atoms with Crippen molar-refractivity contribution in [1.82, 2.24) is 19.5 Å². The molecule has 49 heavy (non-hydrogen) atoms. The summed E-state index contributed by atoms with van der Waals surface area (Å²) in [5, 5.41) is 9.72. The summed E-state index contributed by atoms with van der Waals surface area (Å²) in [6.45, 7) is 0. The maximum Gasteiger partial charge on any atom is 0.238 e. The Labute approximate surface area is 282 Å². The zero-order valence-electron chi connectivity index (χ0n) is 26.5. The molecule has 0 bridgehead atoms. The zero-order valence-corrected chi connectivity index (χ0v) is 26.5. The van der Waals surface area contributed by atoms with E-state index in [0.717, 1.165) is 32.9 Å². The van der Waals surface area contributed by atoms with Crippen LogP contribution < -0.4 is 0 Å². The number of aromatic nitrogens is 4. The highest BCUT2D eigenvalue weighted by Crippen LogP contribution is 2.41. The largest absolute Gasteiger partial charge is 0.278 e. The minimum atomic E-state index is 0.588. The van der Waals surface area contributed by atoms with Crippen molar-refractivity contribution in [3.8, 4) is 39.9 Å². The monoisotopic (exact) mass is 624 g/mol. The van der Waals surface area contributed by atoms with Crippen LogP contribution in [0, 0.1) is 0 Å². The summed E-state index contributed by atoms with van der Waals surface area (Å²) < 4.78 is 2.23. The minimum Gasteiger partial charge on any atom is -0.278 e. The van der Waals surface area contributed by atoms with Crippen LogP contribution in [0.15, 0.2) is 170 Å². The summed E-state index contributed by atoms with van der Waals surface area (Å²) in [6.07, 6.45) is 0. The Morgan fingerprint density at radius 2 is 0.735 bits per heavy atom. The Morgan fingerprint density at radius 1 is 0.286 bits per heavy atom. The molecule has 0 radical (unpaired) electrons. The van der Waals surface area contributed by atoms with E-state index in [-0.39, 0.29) is 0 Å². The number of nitrogens with zero attached hydrogens (tertiary/aromatic N) is 4. The third kappa shape index (κ3) is 4.42. The van der Waals surface area contributed by atoms with Crippen molar-refractivity contribution in [1.29, 1.82) is 0 Å². The molecule has 228 valence electrons. The van der Waals surface area contributed by atoms with Crippen LogP contribution in [-0.2, 0) is 0 Å². The van der Waals surface area contributed by atoms with E-state index >= 15 is 0 Å². The van der Waals surface area contributed by atoms with Crippen molar-refractivity contribution in [3.63, 3.8) is 0 Å². The number of benzene rings is 8. The third-order valence-electron chi connectivity index (χ3n) is 9.62. The minimum absolute atomic E-state index is 0.588. The van der Waals surface area contributed by atoms with Gasteiger partial charge in [-0.05, 0) is 67.7 Å². The summed E-state index contributed by atoms with van der Waals surface area (Å²) in [5.74, 6) is 1.86. The van der Waals surface area contributed by atoms with Gasteiger partial charge in [0.05, 0.1) is 11.0 Å². The van der Waals surface area contributed by atoms with Gasteiger partial charge in [-0.2, -0.15) is 9.97 Å². The van der Waals surface area contributed by atoms with Crippen molar-refractivity contribution in [2.45, 2.75) is 0 Å². The van der Waals surface area contributed by atoms with Gasteiger partial charge in [0.2, 0.25) is 5.95 Å². The van der Waals surface area contributed by atoms with Crippen molar-refractivity contribution >= 4 is 54.1 Å². The Kier molecular flexibility index (Phi) is 6.15. The molecule has 0 fully saturated rings. The number of fused-ring (bicyclic) bond motifs is 9. The van der Waals surface area contributed by atoms with Gasteiger partial charge in [-0.15, -0.1) is 0 Å². The smallest absolute Gasteiger partial charge is 0.238 e. The molecule has 2 aromatic heterocycles. The lowest BCUT2D eigenvalue weighted by Crippen LogP contribution is -2.06. The molecule has 10 aromatic rings. The summed E-state index contributed by atoms with van der Waals surface area (Å²) >= 11 is 0. The maximum absolute atomic E-state index is 5.19. The molecule has 10 rings (SSSR count). The fourth-order valence-electron chi connectivity index (χ4n) is 7.34. The lowest BCUT2D eigenvalue weighted by atomic mass is 9.93. The first kappa shape index (κ1) is 27.5. The molecule has 0 spiro atoms. The topological polar surface area (TPSA) is 43.6 Å². The van der Waals surface area contributed by atoms with Crippen LogP contribution in [0.4, 0.5) is 0 Å². The van der Waals surface area contributed by atoms with E-state index in [9.17, 15) is 0 Å². The van der Waals surface area contributed by atoms with E-state index in [0.29, 0.717) is 17.6 Å². The number of rotatable bonds is 4. The highest BCUT2D eigenvalue weighted by molar-refractivity contribution is 6.28. The third-order valence-corrected chi connectivity index (χ3v) is 9.62. The molecule has 0 N–H and O–H groups in total. The van der Waals surface area contributed by atoms with Gasteiger partial charge in [-0.3, -0.25) is 4.57 Å². The molecule has 0 unspecified atom stereocenters. The Morgan fingerprint density at radius 3 is 1.29 bits per heavy atom. The highest BCUT2D eigenvalue weighted by Gasteiger charge is 2.20. The lowest BCUT2D eigenvalue weighted by Gasteiger charge is -2.13. The average molecular weight is 625 g/mol. The molecular weight excluding hydrogens is 597 g/mol. The van der Waals surface area contributed by atoms with Crippen LogP contribution in [0.2, 0.25) is 0 Å². The van der Waals surface area contributed by atoms with Gasteiger partial charge in [0.25, 0.3) is 0 Å². The van der Waals surface area contributed by atoms with E-state index in [4.69, 9.17) is 15.0 Å². The van der Waals surface area contributed by atoms with Crippen LogP contribution in [0.1, 0.15) is 0 Å². The average Bonchev–Trinajstić information content (AvgIpc) is 3.51. The van der Waals surface area contributed by atoms with Gasteiger partial charge in [-0.1, -0.05) is 146 Å². The van der Waals surface area contributed by atoms with Gasteiger partial charge in [0.1, 0.15) is 0 Å². The SMILES string of the molecule is c1ccc(-c2ccc3c(c2)c2cc4c5ccccc5c5ccccc5c4cc2n3-c2nc(-c3ccccc3)nc(-c3ccccc3)n2)cc1. The molecule has 0 aliphatic rings. The predicted octanol–water partition coefficient (Wildman–Crippen LogP) is 11.4. The van der Waals surface area contributed by atoms with Gasteiger partial charge in [0.15, 0.2) is 11.6 Å². The van der Waals surface area contributed by atoms with Gasteiger partial charge >= 0.3 is 0 Å². The Bertz CT molecular complexity index is 2800. The van der Waals surface area contributed by atoms with Crippen molar-refractivity contribution in [2.24, 2.45) is 0 Å². The van der Waals surface area contributed by atoms with E-state index in [1.165, 1.54) is 43.4 Å². The lowest BCUT2D eigenvalue weighted by molar-refractivity contribution is 0.954. The first-order chi connectivity index (χ1) is 24.3. The van der Waals surface area contributed by atoms with Crippen molar-refractivity contribution < 1.29 is 0 Å². The van der Waals surface area contributed by atoms with Crippen molar-refractivity contribution in [3.05, 3.63) is 170 Å². The highest BCUT2D eigenvalue weighted by atomic mass is 15.2. The van der Waals surface area contributed by atoms with Crippen LogP contribution in [0.25, 0.3) is 94.0 Å².